The minimum Gasteiger partial charge on any atom is -0.380 e. The van der Waals surface area contributed by atoms with Gasteiger partial charge >= 0.3 is 0 Å². The summed E-state index contributed by atoms with van der Waals surface area (Å²) in [7, 11) is 15.9. The maximum Gasteiger partial charge on any atom is 0.0733 e. The molecule has 0 heterocycles. The Morgan fingerprint density at radius 3 is 1.32 bits per heavy atom. The van der Waals surface area contributed by atoms with Crippen molar-refractivity contribution < 1.29 is 9.47 Å². The Labute approximate surface area is 205 Å². The van der Waals surface area contributed by atoms with Crippen LogP contribution in [0.5, 0.6) is 0 Å². The number of ether oxygens (including phenoxy) is 2. The van der Waals surface area contributed by atoms with Gasteiger partial charge in [0.05, 0.1) is 13.2 Å². The second-order valence-corrected chi connectivity index (χ2v) is 9.35. The van der Waals surface area contributed by atoms with Crippen molar-refractivity contribution in [1.29, 1.82) is 0 Å². The summed E-state index contributed by atoms with van der Waals surface area (Å²) in [5.41, 5.74) is 9.66. The highest BCUT2D eigenvalue weighted by atomic mass is 16.5. The summed E-state index contributed by atoms with van der Waals surface area (Å²) in [5, 5.41) is 0. The molecule has 5 heteroatoms. The van der Waals surface area contributed by atoms with Gasteiger partial charge in [0.1, 0.15) is 0 Å². The molecule has 0 unspecified atom stereocenters. The molecule has 3 aromatic rings. The number of nitrogens with zero attached hydrogens (tertiary/aromatic N) is 3. The van der Waals surface area contributed by atoms with E-state index in [1.807, 2.05) is 0 Å². The number of benzene rings is 3. The highest BCUT2D eigenvalue weighted by molar-refractivity contribution is 5.60. The van der Waals surface area contributed by atoms with Crippen LogP contribution in [0.2, 0.25) is 0 Å². The lowest BCUT2D eigenvalue weighted by molar-refractivity contribution is 0.185. The summed E-state index contributed by atoms with van der Waals surface area (Å²) < 4.78 is 11.1. The maximum atomic E-state index is 5.55. The summed E-state index contributed by atoms with van der Waals surface area (Å²) in [6.45, 7) is 1.14. The molecule has 182 valence electrons. The van der Waals surface area contributed by atoms with Gasteiger partial charge in [-0.15, -0.1) is 0 Å². The molecule has 5 nitrogen and oxygen atoms in total. The van der Waals surface area contributed by atoms with Crippen molar-refractivity contribution in [3.8, 4) is 0 Å². The molecular weight excluding hydrogens is 422 g/mol. The lowest BCUT2D eigenvalue weighted by Crippen LogP contribution is -2.14. The average molecular weight is 462 g/mol. The van der Waals surface area contributed by atoms with Crippen LogP contribution in [0.1, 0.15) is 33.7 Å². The zero-order valence-electron chi connectivity index (χ0n) is 21.9. The van der Waals surface area contributed by atoms with Crippen molar-refractivity contribution >= 4 is 17.1 Å². The van der Waals surface area contributed by atoms with E-state index < -0.39 is 0 Å². The van der Waals surface area contributed by atoms with E-state index >= 15 is 0 Å². The minimum atomic E-state index is 0.0925. The van der Waals surface area contributed by atoms with Crippen LogP contribution < -0.4 is 14.7 Å². The van der Waals surface area contributed by atoms with Gasteiger partial charge < -0.3 is 24.2 Å². The van der Waals surface area contributed by atoms with Crippen molar-refractivity contribution in [3.05, 3.63) is 88.5 Å². The van der Waals surface area contributed by atoms with E-state index in [1.165, 1.54) is 44.9 Å². The van der Waals surface area contributed by atoms with E-state index in [0.717, 1.165) is 0 Å². The van der Waals surface area contributed by atoms with Gasteiger partial charge in [0.25, 0.3) is 0 Å². The fourth-order valence-electron chi connectivity index (χ4n) is 4.53. The van der Waals surface area contributed by atoms with Crippen LogP contribution in [-0.4, -0.2) is 56.5 Å². The van der Waals surface area contributed by atoms with Crippen LogP contribution in [0, 0.1) is 0 Å². The molecule has 0 saturated carbocycles. The van der Waals surface area contributed by atoms with Gasteiger partial charge in [-0.3, -0.25) is 0 Å². The van der Waals surface area contributed by atoms with Crippen LogP contribution >= 0.6 is 0 Å². The molecule has 0 aromatic heterocycles. The van der Waals surface area contributed by atoms with Gasteiger partial charge in [0.15, 0.2) is 0 Å². The van der Waals surface area contributed by atoms with Gasteiger partial charge in [-0.25, -0.2) is 0 Å². The van der Waals surface area contributed by atoms with Gasteiger partial charge in [-0.05, 0) is 41.0 Å². The number of anilines is 3. The maximum absolute atomic E-state index is 5.55. The zero-order chi connectivity index (χ0) is 24.8. The molecule has 0 saturated heterocycles. The Kier molecular flexibility index (Phi) is 8.59. The summed E-state index contributed by atoms with van der Waals surface area (Å²) in [4.78, 5) is 6.41. The smallest absolute Gasteiger partial charge is 0.0733 e. The second-order valence-electron chi connectivity index (χ2n) is 9.35. The summed E-state index contributed by atoms with van der Waals surface area (Å²) in [6.07, 6.45) is 0. The molecule has 0 bridgehead atoms. The Morgan fingerprint density at radius 2 is 0.971 bits per heavy atom. The predicted molar refractivity (Wildman–Crippen MR) is 145 cm³/mol. The Bertz CT molecular complexity index is 1010. The average Bonchev–Trinajstić information content (AvgIpc) is 2.80. The third-order valence-electron chi connectivity index (χ3n) is 6.18. The molecule has 0 aliphatic rings. The minimum absolute atomic E-state index is 0.0925. The van der Waals surface area contributed by atoms with E-state index in [4.69, 9.17) is 9.47 Å². The van der Waals surface area contributed by atoms with E-state index in [1.54, 1.807) is 14.2 Å². The first kappa shape index (κ1) is 25.6. The van der Waals surface area contributed by atoms with Gasteiger partial charge in [0, 0.05) is 90.6 Å². The molecule has 0 fully saturated rings. The standard InChI is InChI=1S/C29H39N3O2/c1-30(2)26-13-9-21(10-14-26)29(22-11-15-27(31(3)4)24(17-22)19-33-7)23-12-16-28(32(5)6)25(18-23)20-34-8/h9-18,29H,19-20H2,1-8H3. The number of rotatable bonds is 10. The molecule has 0 N–H and O–H groups in total. The zero-order valence-corrected chi connectivity index (χ0v) is 21.9. The molecule has 3 aromatic carbocycles. The summed E-state index contributed by atoms with van der Waals surface area (Å²) >= 11 is 0. The summed E-state index contributed by atoms with van der Waals surface area (Å²) in [5.74, 6) is 0.0925. The first-order valence-electron chi connectivity index (χ1n) is 11.6. The van der Waals surface area contributed by atoms with Gasteiger partial charge in [-0.2, -0.15) is 0 Å². The molecular formula is C29H39N3O2. The first-order chi connectivity index (χ1) is 16.3. The lowest BCUT2D eigenvalue weighted by Gasteiger charge is -2.25. The van der Waals surface area contributed by atoms with Crippen LogP contribution in [0.4, 0.5) is 17.1 Å². The number of hydrogen-bond acceptors (Lipinski definition) is 5. The van der Waals surface area contributed by atoms with E-state index in [-0.39, 0.29) is 5.92 Å². The predicted octanol–water partition coefficient (Wildman–Crippen LogP) is 5.36. The topological polar surface area (TPSA) is 28.2 Å². The largest absolute Gasteiger partial charge is 0.380 e. The van der Waals surface area contributed by atoms with E-state index in [2.05, 4.69) is 118 Å². The van der Waals surface area contributed by atoms with Gasteiger partial charge in [0.2, 0.25) is 0 Å². The summed E-state index contributed by atoms with van der Waals surface area (Å²) in [6, 6.07) is 22.3. The Hall–Kier alpha value is -3.02. The normalized spacial score (nSPS) is 11.1. The fourth-order valence-corrected chi connectivity index (χ4v) is 4.53. The van der Waals surface area contributed by atoms with E-state index in [0.29, 0.717) is 13.2 Å². The molecule has 34 heavy (non-hydrogen) atoms. The van der Waals surface area contributed by atoms with Crippen molar-refractivity contribution in [2.24, 2.45) is 0 Å². The second kappa shape index (κ2) is 11.4. The van der Waals surface area contributed by atoms with Crippen molar-refractivity contribution in [3.63, 3.8) is 0 Å². The van der Waals surface area contributed by atoms with Crippen molar-refractivity contribution in [1.82, 2.24) is 0 Å². The van der Waals surface area contributed by atoms with Crippen LogP contribution in [-0.2, 0) is 22.7 Å². The van der Waals surface area contributed by atoms with Crippen molar-refractivity contribution in [2.75, 3.05) is 71.2 Å². The first-order valence-corrected chi connectivity index (χ1v) is 11.6. The van der Waals surface area contributed by atoms with Crippen LogP contribution in [0.15, 0.2) is 60.7 Å². The molecule has 0 spiro atoms. The van der Waals surface area contributed by atoms with Crippen LogP contribution in [0.25, 0.3) is 0 Å². The van der Waals surface area contributed by atoms with E-state index in [9.17, 15) is 0 Å². The third kappa shape index (κ3) is 5.72. The molecule has 0 aliphatic heterocycles. The van der Waals surface area contributed by atoms with Crippen LogP contribution in [0.3, 0.4) is 0 Å². The quantitative estimate of drug-likeness (QED) is 0.379. The third-order valence-corrected chi connectivity index (χ3v) is 6.18. The molecule has 0 atom stereocenters. The molecule has 0 radical (unpaired) electrons. The van der Waals surface area contributed by atoms with Gasteiger partial charge in [-0.1, -0.05) is 36.4 Å². The molecule has 3 rings (SSSR count). The fraction of sp³-hybridized carbons (Fsp3) is 0.379. The SMILES string of the molecule is COCc1cc(C(c2ccc(N(C)C)cc2)c2ccc(N(C)C)c(COC)c2)ccc1N(C)C. The Morgan fingerprint density at radius 1 is 0.559 bits per heavy atom. The number of methoxy groups -OCH3 is 2. The highest BCUT2D eigenvalue weighted by Gasteiger charge is 2.21. The molecule has 0 aliphatic carbocycles. The lowest BCUT2D eigenvalue weighted by atomic mass is 9.83. The molecule has 0 amide bonds. The number of hydrogen-bond donors (Lipinski definition) is 0. The highest BCUT2D eigenvalue weighted by Crippen LogP contribution is 2.37. The monoisotopic (exact) mass is 461 g/mol. The Balaban J connectivity index is 2.20. The van der Waals surface area contributed by atoms with Crippen molar-refractivity contribution in [2.45, 2.75) is 19.1 Å².